The summed E-state index contributed by atoms with van der Waals surface area (Å²) in [6.07, 6.45) is 4.36. The number of carbonyl (C=O) groups is 1. The minimum atomic E-state index is 0.0458. The van der Waals surface area contributed by atoms with E-state index in [1.54, 1.807) is 0 Å². The standard InChI is InChI=1S/C16H23ClN2O/c1-12-10-13(2)16(14(17)11-12)18-15(20)6-9-19-7-4-3-5-8-19/h10-11H,3-9H2,1-2H3,(H,18,20). The van der Waals surface area contributed by atoms with Crippen LogP contribution in [0.3, 0.4) is 0 Å². The summed E-state index contributed by atoms with van der Waals surface area (Å²) < 4.78 is 0. The first-order valence-corrected chi connectivity index (χ1v) is 7.73. The van der Waals surface area contributed by atoms with Gasteiger partial charge in [-0.1, -0.05) is 24.1 Å². The second-order valence-electron chi connectivity index (χ2n) is 5.64. The van der Waals surface area contributed by atoms with Crippen molar-refractivity contribution in [3.05, 3.63) is 28.3 Å². The van der Waals surface area contributed by atoms with Gasteiger partial charge >= 0.3 is 0 Å². The first kappa shape index (κ1) is 15.3. The Hall–Kier alpha value is -1.06. The fourth-order valence-corrected chi connectivity index (χ4v) is 3.09. The number of aryl methyl sites for hydroxylation is 2. The average molecular weight is 295 g/mol. The lowest BCUT2D eigenvalue weighted by atomic mass is 10.1. The Balaban J connectivity index is 1.88. The second kappa shape index (κ2) is 7.09. The number of benzene rings is 1. The SMILES string of the molecule is Cc1cc(C)c(NC(=O)CCN2CCCCC2)c(Cl)c1. The van der Waals surface area contributed by atoms with Gasteiger partial charge in [-0.25, -0.2) is 0 Å². The maximum absolute atomic E-state index is 12.0. The zero-order chi connectivity index (χ0) is 14.5. The number of likely N-dealkylation sites (tertiary alicyclic amines) is 1. The van der Waals surface area contributed by atoms with Crippen molar-refractivity contribution in [2.75, 3.05) is 25.0 Å². The summed E-state index contributed by atoms with van der Waals surface area (Å²) in [6, 6.07) is 3.92. The van der Waals surface area contributed by atoms with Gasteiger partial charge in [-0.3, -0.25) is 4.79 Å². The molecule has 0 aliphatic carbocycles. The summed E-state index contributed by atoms with van der Waals surface area (Å²) in [4.78, 5) is 14.4. The van der Waals surface area contributed by atoms with Gasteiger partial charge in [-0.05, 0) is 57.0 Å². The van der Waals surface area contributed by atoms with E-state index >= 15 is 0 Å². The van der Waals surface area contributed by atoms with E-state index in [0.29, 0.717) is 11.4 Å². The van der Waals surface area contributed by atoms with E-state index in [9.17, 15) is 4.79 Å². The highest BCUT2D eigenvalue weighted by Crippen LogP contribution is 2.27. The Morgan fingerprint density at radius 1 is 1.25 bits per heavy atom. The van der Waals surface area contributed by atoms with Gasteiger partial charge in [0.15, 0.2) is 0 Å². The van der Waals surface area contributed by atoms with Gasteiger partial charge in [-0.2, -0.15) is 0 Å². The highest BCUT2D eigenvalue weighted by molar-refractivity contribution is 6.34. The first-order valence-electron chi connectivity index (χ1n) is 7.35. The molecule has 0 saturated carbocycles. The van der Waals surface area contributed by atoms with E-state index in [-0.39, 0.29) is 5.91 Å². The molecule has 1 amide bonds. The Labute approximate surface area is 126 Å². The van der Waals surface area contributed by atoms with Crippen LogP contribution in [0, 0.1) is 13.8 Å². The molecule has 0 bridgehead atoms. The first-order chi connectivity index (χ1) is 9.56. The Bertz CT molecular complexity index is 458. The summed E-state index contributed by atoms with van der Waals surface area (Å²) in [6.45, 7) is 7.06. The largest absolute Gasteiger partial charge is 0.325 e. The highest BCUT2D eigenvalue weighted by Gasteiger charge is 2.13. The normalized spacial score (nSPS) is 16.1. The molecule has 4 heteroatoms. The molecule has 0 aromatic heterocycles. The molecule has 1 N–H and O–H groups in total. The maximum Gasteiger partial charge on any atom is 0.225 e. The maximum atomic E-state index is 12.0. The number of rotatable bonds is 4. The number of piperidine rings is 1. The third kappa shape index (κ3) is 4.22. The van der Waals surface area contributed by atoms with Crippen LogP contribution < -0.4 is 5.32 Å². The predicted octanol–water partition coefficient (Wildman–Crippen LogP) is 3.77. The summed E-state index contributed by atoms with van der Waals surface area (Å²) >= 11 is 6.20. The van der Waals surface area contributed by atoms with Crippen LogP contribution in [0.25, 0.3) is 0 Å². The zero-order valence-electron chi connectivity index (χ0n) is 12.3. The number of anilines is 1. The smallest absolute Gasteiger partial charge is 0.225 e. The lowest BCUT2D eigenvalue weighted by molar-refractivity contribution is -0.116. The molecular weight excluding hydrogens is 272 g/mol. The Morgan fingerprint density at radius 3 is 2.60 bits per heavy atom. The van der Waals surface area contributed by atoms with Crippen LogP contribution in [0.4, 0.5) is 5.69 Å². The van der Waals surface area contributed by atoms with Crippen molar-refractivity contribution in [1.82, 2.24) is 4.90 Å². The molecule has 1 heterocycles. The van der Waals surface area contributed by atoms with E-state index in [1.165, 1.54) is 19.3 Å². The number of halogens is 1. The van der Waals surface area contributed by atoms with Crippen molar-refractivity contribution in [2.45, 2.75) is 39.5 Å². The van der Waals surface area contributed by atoms with Crippen LogP contribution in [0.1, 0.15) is 36.8 Å². The Kier molecular flexibility index (Phi) is 5.44. The monoisotopic (exact) mass is 294 g/mol. The molecule has 1 aromatic rings. The van der Waals surface area contributed by atoms with Crippen LogP contribution in [0.15, 0.2) is 12.1 Å². The number of nitrogens with zero attached hydrogens (tertiary/aromatic N) is 1. The van der Waals surface area contributed by atoms with Crippen molar-refractivity contribution in [2.24, 2.45) is 0 Å². The van der Waals surface area contributed by atoms with Crippen molar-refractivity contribution in [1.29, 1.82) is 0 Å². The minimum Gasteiger partial charge on any atom is -0.325 e. The number of carbonyl (C=O) groups excluding carboxylic acids is 1. The summed E-state index contributed by atoms with van der Waals surface area (Å²) in [7, 11) is 0. The molecule has 0 atom stereocenters. The predicted molar refractivity (Wildman–Crippen MR) is 84.5 cm³/mol. The highest BCUT2D eigenvalue weighted by atomic mass is 35.5. The van der Waals surface area contributed by atoms with E-state index in [2.05, 4.69) is 10.2 Å². The van der Waals surface area contributed by atoms with E-state index < -0.39 is 0 Å². The lowest BCUT2D eigenvalue weighted by Crippen LogP contribution is -2.32. The number of amides is 1. The molecule has 1 aliphatic heterocycles. The second-order valence-corrected chi connectivity index (χ2v) is 6.05. The number of nitrogens with one attached hydrogen (secondary N) is 1. The molecule has 2 rings (SSSR count). The third-order valence-electron chi connectivity index (χ3n) is 3.80. The van der Waals surface area contributed by atoms with Gasteiger partial charge in [0.25, 0.3) is 0 Å². The molecule has 110 valence electrons. The van der Waals surface area contributed by atoms with Crippen LogP contribution in [0.2, 0.25) is 5.02 Å². The third-order valence-corrected chi connectivity index (χ3v) is 4.10. The van der Waals surface area contributed by atoms with Gasteiger partial charge in [0.1, 0.15) is 0 Å². The summed E-state index contributed by atoms with van der Waals surface area (Å²) in [5, 5.41) is 3.57. The molecular formula is C16H23ClN2O. The summed E-state index contributed by atoms with van der Waals surface area (Å²) in [5.74, 6) is 0.0458. The van der Waals surface area contributed by atoms with Gasteiger partial charge in [-0.15, -0.1) is 0 Å². The van der Waals surface area contributed by atoms with Gasteiger partial charge < -0.3 is 10.2 Å². The van der Waals surface area contributed by atoms with Gasteiger partial charge in [0.2, 0.25) is 5.91 Å². The fraction of sp³-hybridized carbons (Fsp3) is 0.562. The molecule has 1 aromatic carbocycles. The van der Waals surface area contributed by atoms with Crippen molar-refractivity contribution in [3.8, 4) is 0 Å². The molecule has 0 radical (unpaired) electrons. The molecule has 1 aliphatic rings. The number of hydrogen-bond donors (Lipinski definition) is 1. The molecule has 3 nitrogen and oxygen atoms in total. The zero-order valence-corrected chi connectivity index (χ0v) is 13.1. The summed E-state index contributed by atoms with van der Waals surface area (Å²) in [5.41, 5.74) is 2.88. The Morgan fingerprint density at radius 2 is 1.95 bits per heavy atom. The van der Waals surface area contributed by atoms with Crippen LogP contribution in [-0.2, 0) is 4.79 Å². The van der Waals surface area contributed by atoms with Crippen LogP contribution in [-0.4, -0.2) is 30.4 Å². The molecule has 20 heavy (non-hydrogen) atoms. The molecule has 1 fully saturated rings. The van der Waals surface area contributed by atoms with Crippen molar-refractivity contribution < 1.29 is 4.79 Å². The van der Waals surface area contributed by atoms with E-state index in [4.69, 9.17) is 11.6 Å². The average Bonchev–Trinajstić information content (AvgIpc) is 2.42. The van der Waals surface area contributed by atoms with E-state index in [0.717, 1.165) is 36.4 Å². The molecule has 0 spiro atoms. The molecule has 0 unspecified atom stereocenters. The van der Waals surface area contributed by atoms with Gasteiger partial charge in [0, 0.05) is 13.0 Å². The minimum absolute atomic E-state index is 0.0458. The fourth-order valence-electron chi connectivity index (χ4n) is 2.72. The molecule has 1 saturated heterocycles. The van der Waals surface area contributed by atoms with E-state index in [1.807, 2.05) is 26.0 Å². The lowest BCUT2D eigenvalue weighted by Gasteiger charge is -2.26. The quantitative estimate of drug-likeness (QED) is 0.917. The van der Waals surface area contributed by atoms with Crippen molar-refractivity contribution >= 4 is 23.2 Å². The van der Waals surface area contributed by atoms with Crippen LogP contribution in [0.5, 0.6) is 0 Å². The van der Waals surface area contributed by atoms with Crippen molar-refractivity contribution in [3.63, 3.8) is 0 Å². The van der Waals surface area contributed by atoms with Gasteiger partial charge in [0.05, 0.1) is 10.7 Å². The van der Waals surface area contributed by atoms with Crippen LogP contribution >= 0.6 is 11.6 Å². The topological polar surface area (TPSA) is 32.3 Å². The number of hydrogen-bond acceptors (Lipinski definition) is 2.